The molecule has 2 saturated heterocycles. The molecule has 4 heteroatoms. The van der Waals surface area contributed by atoms with Gasteiger partial charge in [0, 0.05) is 18.3 Å². The second-order valence-electron chi connectivity index (χ2n) is 6.07. The van der Waals surface area contributed by atoms with Gasteiger partial charge in [-0.05, 0) is 50.4 Å². The molecule has 2 N–H and O–H groups in total. The van der Waals surface area contributed by atoms with Crippen molar-refractivity contribution in [2.75, 3.05) is 18.4 Å². The van der Waals surface area contributed by atoms with Crippen LogP contribution >= 0.6 is 0 Å². The predicted octanol–water partition coefficient (Wildman–Crippen LogP) is 2.49. The van der Waals surface area contributed by atoms with E-state index in [4.69, 9.17) is 0 Å². The first-order chi connectivity index (χ1) is 9.62. The zero-order valence-corrected chi connectivity index (χ0v) is 11.9. The summed E-state index contributed by atoms with van der Waals surface area (Å²) in [5, 5.41) is 13.2. The Balaban J connectivity index is 1.90. The standard InChI is InChI=1S/C16H22N2O2/c1-12-5-4-6-13(11-12)17-16(15(19)20)8-10-18-9-3-2-7-14(16)18/h4-6,11,14,17H,2-3,7-10H2,1H3,(H,19,20). The lowest BCUT2D eigenvalue weighted by molar-refractivity contribution is -0.143. The number of carboxylic acids is 1. The number of hydrogen-bond acceptors (Lipinski definition) is 3. The van der Waals surface area contributed by atoms with Crippen molar-refractivity contribution in [1.82, 2.24) is 4.90 Å². The number of piperidine rings is 1. The van der Waals surface area contributed by atoms with Gasteiger partial charge in [0.15, 0.2) is 5.54 Å². The fourth-order valence-corrected chi connectivity index (χ4v) is 3.73. The Bertz CT molecular complexity index is 517. The first-order valence-corrected chi connectivity index (χ1v) is 7.44. The SMILES string of the molecule is Cc1cccc(NC2(C(=O)O)CCN3CCCCC32)c1. The van der Waals surface area contributed by atoms with E-state index in [1.807, 2.05) is 31.2 Å². The monoisotopic (exact) mass is 274 g/mol. The van der Waals surface area contributed by atoms with Gasteiger partial charge < -0.3 is 10.4 Å². The van der Waals surface area contributed by atoms with Crippen molar-refractivity contribution in [3.05, 3.63) is 29.8 Å². The summed E-state index contributed by atoms with van der Waals surface area (Å²) < 4.78 is 0. The summed E-state index contributed by atoms with van der Waals surface area (Å²) in [4.78, 5) is 14.3. The molecule has 0 bridgehead atoms. The number of anilines is 1. The Hall–Kier alpha value is -1.55. The summed E-state index contributed by atoms with van der Waals surface area (Å²) in [5.41, 5.74) is 1.24. The Morgan fingerprint density at radius 3 is 3.00 bits per heavy atom. The minimum Gasteiger partial charge on any atom is -0.479 e. The lowest BCUT2D eigenvalue weighted by Crippen LogP contribution is -2.57. The van der Waals surface area contributed by atoms with Gasteiger partial charge in [-0.15, -0.1) is 0 Å². The van der Waals surface area contributed by atoms with E-state index in [9.17, 15) is 9.90 Å². The molecule has 1 aromatic rings. The van der Waals surface area contributed by atoms with Crippen LogP contribution in [0.3, 0.4) is 0 Å². The van der Waals surface area contributed by atoms with Crippen LogP contribution in [-0.4, -0.2) is 40.6 Å². The number of carboxylic acid groups (broad SMARTS) is 1. The Morgan fingerprint density at radius 1 is 1.40 bits per heavy atom. The third-order valence-corrected chi connectivity index (χ3v) is 4.74. The average molecular weight is 274 g/mol. The second-order valence-corrected chi connectivity index (χ2v) is 6.07. The number of aliphatic carboxylic acids is 1. The zero-order valence-electron chi connectivity index (χ0n) is 11.9. The van der Waals surface area contributed by atoms with Gasteiger partial charge in [-0.2, -0.15) is 0 Å². The molecule has 2 unspecified atom stereocenters. The Kier molecular flexibility index (Phi) is 3.42. The third kappa shape index (κ3) is 2.18. The predicted molar refractivity (Wildman–Crippen MR) is 79.0 cm³/mol. The number of nitrogens with zero attached hydrogens (tertiary/aromatic N) is 1. The zero-order chi connectivity index (χ0) is 14.2. The smallest absolute Gasteiger partial charge is 0.331 e. The average Bonchev–Trinajstić information content (AvgIpc) is 2.79. The van der Waals surface area contributed by atoms with Gasteiger partial charge in [0.2, 0.25) is 0 Å². The Morgan fingerprint density at radius 2 is 2.25 bits per heavy atom. The fourth-order valence-electron chi connectivity index (χ4n) is 3.73. The minimum atomic E-state index is -0.825. The van der Waals surface area contributed by atoms with Gasteiger partial charge in [0.25, 0.3) is 0 Å². The van der Waals surface area contributed by atoms with E-state index < -0.39 is 11.5 Å². The highest BCUT2D eigenvalue weighted by atomic mass is 16.4. The van der Waals surface area contributed by atoms with Crippen molar-refractivity contribution in [2.45, 2.75) is 44.2 Å². The molecule has 0 spiro atoms. The van der Waals surface area contributed by atoms with E-state index >= 15 is 0 Å². The topological polar surface area (TPSA) is 52.6 Å². The number of rotatable bonds is 3. The molecule has 0 aliphatic carbocycles. The number of nitrogens with one attached hydrogen (secondary N) is 1. The molecule has 2 atom stereocenters. The number of benzene rings is 1. The molecule has 0 aromatic heterocycles. The van der Waals surface area contributed by atoms with Gasteiger partial charge in [-0.1, -0.05) is 18.6 Å². The molecule has 3 rings (SSSR count). The summed E-state index contributed by atoms with van der Waals surface area (Å²) in [6.07, 6.45) is 3.98. The second kappa shape index (κ2) is 5.09. The van der Waals surface area contributed by atoms with Crippen LogP contribution in [0.15, 0.2) is 24.3 Å². The van der Waals surface area contributed by atoms with Gasteiger partial charge in [0.05, 0.1) is 0 Å². The molecule has 2 aliphatic rings. The van der Waals surface area contributed by atoms with Crippen molar-refractivity contribution >= 4 is 11.7 Å². The molecular formula is C16H22N2O2. The maximum Gasteiger partial charge on any atom is 0.331 e. The van der Waals surface area contributed by atoms with Gasteiger partial charge >= 0.3 is 5.97 Å². The van der Waals surface area contributed by atoms with Gasteiger partial charge in [0.1, 0.15) is 0 Å². The van der Waals surface area contributed by atoms with E-state index in [1.165, 1.54) is 6.42 Å². The number of fused-ring (bicyclic) bond motifs is 1. The van der Waals surface area contributed by atoms with Gasteiger partial charge in [-0.3, -0.25) is 4.90 Å². The highest BCUT2D eigenvalue weighted by Crippen LogP contribution is 2.38. The third-order valence-electron chi connectivity index (χ3n) is 4.74. The number of hydrogen-bond donors (Lipinski definition) is 2. The number of carbonyl (C=O) groups is 1. The van der Waals surface area contributed by atoms with Crippen molar-refractivity contribution in [3.63, 3.8) is 0 Å². The van der Waals surface area contributed by atoms with Crippen LogP contribution in [0.5, 0.6) is 0 Å². The lowest BCUT2D eigenvalue weighted by atomic mass is 9.85. The quantitative estimate of drug-likeness (QED) is 0.889. The highest BCUT2D eigenvalue weighted by molar-refractivity contribution is 5.84. The molecule has 2 fully saturated rings. The van der Waals surface area contributed by atoms with Crippen LogP contribution in [0.25, 0.3) is 0 Å². The summed E-state index contributed by atoms with van der Waals surface area (Å²) in [5.74, 6) is -0.714. The normalized spacial score (nSPS) is 29.9. The molecule has 1 aromatic carbocycles. The molecule has 2 aliphatic heterocycles. The summed E-state index contributed by atoms with van der Waals surface area (Å²) >= 11 is 0. The molecule has 0 amide bonds. The summed E-state index contributed by atoms with van der Waals surface area (Å²) in [7, 11) is 0. The molecule has 4 nitrogen and oxygen atoms in total. The molecule has 0 saturated carbocycles. The summed E-state index contributed by atoms with van der Waals surface area (Å²) in [6, 6.07) is 8.11. The van der Waals surface area contributed by atoms with Gasteiger partial charge in [-0.25, -0.2) is 4.79 Å². The van der Waals surface area contributed by atoms with E-state index in [2.05, 4.69) is 10.2 Å². The van der Waals surface area contributed by atoms with E-state index in [0.29, 0.717) is 6.42 Å². The number of aryl methyl sites for hydroxylation is 1. The van der Waals surface area contributed by atoms with Crippen LogP contribution in [0.4, 0.5) is 5.69 Å². The molecule has 108 valence electrons. The Labute approximate surface area is 119 Å². The summed E-state index contributed by atoms with van der Waals surface area (Å²) in [6.45, 7) is 3.95. The van der Waals surface area contributed by atoms with E-state index in [-0.39, 0.29) is 6.04 Å². The maximum absolute atomic E-state index is 12.0. The van der Waals surface area contributed by atoms with E-state index in [1.54, 1.807) is 0 Å². The van der Waals surface area contributed by atoms with Crippen LogP contribution in [0.1, 0.15) is 31.2 Å². The molecule has 0 radical (unpaired) electrons. The van der Waals surface area contributed by atoms with E-state index in [0.717, 1.165) is 37.2 Å². The molecule has 2 heterocycles. The van der Waals surface area contributed by atoms with Crippen molar-refractivity contribution < 1.29 is 9.90 Å². The largest absolute Gasteiger partial charge is 0.479 e. The van der Waals surface area contributed by atoms with Crippen LogP contribution in [0.2, 0.25) is 0 Å². The molecular weight excluding hydrogens is 252 g/mol. The van der Waals surface area contributed by atoms with Crippen molar-refractivity contribution in [1.29, 1.82) is 0 Å². The minimum absolute atomic E-state index is 0.120. The van der Waals surface area contributed by atoms with Crippen molar-refractivity contribution in [3.8, 4) is 0 Å². The maximum atomic E-state index is 12.0. The van der Waals surface area contributed by atoms with Crippen LogP contribution < -0.4 is 5.32 Å². The van der Waals surface area contributed by atoms with Crippen LogP contribution in [0, 0.1) is 6.92 Å². The van der Waals surface area contributed by atoms with Crippen LogP contribution in [-0.2, 0) is 4.79 Å². The fraction of sp³-hybridized carbons (Fsp3) is 0.562. The highest BCUT2D eigenvalue weighted by Gasteiger charge is 2.53. The lowest BCUT2D eigenvalue weighted by Gasteiger charge is -2.39. The van der Waals surface area contributed by atoms with Crippen molar-refractivity contribution in [2.24, 2.45) is 0 Å². The first kappa shape index (κ1) is 13.4. The molecule has 20 heavy (non-hydrogen) atoms. The first-order valence-electron chi connectivity index (χ1n) is 7.44.